The number of hydrogen-bond donors (Lipinski definition) is 1. The van der Waals surface area contributed by atoms with Crippen molar-refractivity contribution in [3.63, 3.8) is 0 Å². The van der Waals surface area contributed by atoms with E-state index in [1.807, 2.05) is 30.3 Å². The number of benzene rings is 2. The molecule has 2 aliphatic rings. The van der Waals surface area contributed by atoms with Crippen molar-refractivity contribution in [3.8, 4) is 5.75 Å². The number of nitrogens with zero attached hydrogens (tertiary/aromatic N) is 1. The van der Waals surface area contributed by atoms with Crippen LogP contribution in [0.25, 0.3) is 0 Å². The summed E-state index contributed by atoms with van der Waals surface area (Å²) in [5, 5.41) is 10.5. The molecule has 29 heavy (non-hydrogen) atoms. The number of amides is 1. The van der Waals surface area contributed by atoms with Crippen LogP contribution in [0.5, 0.6) is 5.75 Å². The number of aliphatic hydroxyl groups is 1. The Morgan fingerprint density at radius 3 is 2.59 bits per heavy atom. The minimum Gasteiger partial charge on any atom is -0.496 e. The largest absolute Gasteiger partial charge is 0.496 e. The van der Waals surface area contributed by atoms with Gasteiger partial charge in [-0.25, -0.2) is 4.39 Å². The van der Waals surface area contributed by atoms with Crippen LogP contribution in [0.3, 0.4) is 0 Å². The number of piperidine rings is 1. The molecule has 4 rings (SSSR count). The molecule has 0 unspecified atom stereocenters. The van der Waals surface area contributed by atoms with E-state index >= 15 is 0 Å². The first kappa shape index (κ1) is 19.9. The molecule has 2 atom stereocenters. The van der Waals surface area contributed by atoms with E-state index in [0.29, 0.717) is 38.8 Å². The van der Waals surface area contributed by atoms with E-state index in [0.717, 1.165) is 5.56 Å². The van der Waals surface area contributed by atoms with Gasteiger partial charge >= 0.3 is 0 Å². The maximum absolute atomic E-state index is 14.3. The summed E-state index contributed by atoms with van der Waals surface area (Å²) in [6, 6.07) is 14.3. The van der Waals surface area contributed by atoms with Gasteiger partial charge in [0.05, 0.1) is 24.9 Å². The highest BCUT2D eigenvalue weighted by molar-refractivity contribution is 5.97. The van der Waals surface area contributed by atoms with Crippen molar-refractivity contribution in [1.29, 1.82) is 0 Å². The molecular formula is C23H26FNO4. The zero-order valence-electron chi connectivity index (χ0n) is 16.5. The van der Waals surface area contributed by atoms with Crippen molar-refractivity contribution in [3.05, 3.63) is 65.5 Å². The van der Waals surface area contributed by atoms with Gasteiger partial charge in [-0.1, -0.05) is 36.4 Å². The molecule has 1 N–H and O–H groups in total. The third kappa shape index (κ3) is 4.00. The lowest BCUT2D eigenvalue weighted by Crippen LogP contribution is -2.52. The Kier molecular flexibility index (Phi) is 5.56. The molecule has 0 saturated carbocycles. The Morgan fingerprint density at radius 2 is 1.90 bits per heavy atom. The molecular weight excluding hydrogens is 373 g/mol. The second kappa shape index (κ2) is 8.13. The second-order valence-electron chi connectivity index (χ2n) is 7.90. The number of carbonyl (C=O) groups is 1. The molecule has 0 aliphatic carbocycles. The first-order chi connectivity index (χ1) is 14.0. The van der Waals surface area contributed by atoms with Gasteiger partial charge in [-0.2, -0.15) is 0 Å². The van der Waals surface area contributed by atoms with Gasteiger partial charge in [0.25, 0.3) is 5.91 Å². The van der Waals surface area contributed by atoms with Gasteiger partial charge in [0.2, 0.25) is 0 Å². The predicted octanol–water partition coefficient (Wildman–Crippen LogP) is 3.72. The maximum atomic E-state index is 14.3. The molecule has 1 spiro atoms. The molecule has 2 fully saturated rings. The number of ether oxygens (including phenoxy) is 2. The fourth-order valence-corrected chi connectivity index (χ4v) is 4.51. The summed E-state index contributed by atoms with van der Waals surface area (Å²) in [5.41, 5.74) is 0.562. The molecule has 2 aromatic carbocycles. The summed E-state index contributed by atoms with van der Waals surface area (Å²) in [5.74, 6) is -0.711. The lowest BCUT2D eigenvalue weighted by atomic mass is 9.80. The summed E-state index contributed by atoms with van der Waals surface area (Å²) < 4.78 is 26.0. The highest BCUT2D eigenvalue weighted by atomic mass is 19.1. The van der Waals surface area contributed by atoms with Crippen molar-refractivity contribution < 1.29 is 23.8 Å². The van der Waals surface area contributed by atoms with Gasteiger partial charge < -0.3 is 19.5 Å². The Balaban J connectivity index is 1.48. The molecule has 0 aromatic heterocycles. The average Bonchev–Trinajstić information content (AvgIpc) is 2.73. The Morgan fingerprint density at radius 1 is 1.17 bits per heavy atom. The van der Waals surface area contributed by atoms with Crippen LogP contribution in [-0.2, 0) is 4.74 Å². The first-order valence-corrected chi connectivity index (χ1v) is 10.0. The first-order valence-electron chi connectivity index (χ1n) is 10.0. The van der Waals surface area contributed by atoms with E-state index in [1.54, 1.807) is 11.0 Å². The molecule has 6 heteroatoms. The van der Waals surface area contributed by atoms with E-state index in [9.17, 15) is 14.3 Å². The van der Waals surface area contributed by atoms with Crippen LogP contribution in [0.15, 0.2) is 48.5 Å². The number of halogens is 1. The number of hydrogen-bond acceptors (Lipinski definition) is 4. The average molecular weight is 399 g/mol. The highest BCUT2D eigenvalue weighted by Crippen LogP contribution is 2.43. The van der Waals surface area contributed by atoms with E-state index in [1.165, 1.54) is 19.2 Å². The van der Waals surface area contributed by atoms with Crippen molar-refractivity contribution in [2.75, 3.05) is 20.2 Å². The van der Waals surface area contributed by atoms with Crippen LogP contribution in [0.1, 0.15) is 47.7 Å². The van der Waals surface area contributed by atoms with Gasteiger partial charge in [-0.3, -0.25) is 4.79 Å². The molecule has 154 valence electrons. The molecule has 2 aliphatic heterocycles. The summed E-state index contributed by atoms with van der Waals surface area (Å²) in [6.45, 7) is 0.898. The monoisotopic (exact) mass is 399 g/mol. The SMILES string of the molecule is COc1cccc(F)c1C(=O)N1CCC2(CC1)C[C@H](O)C[C@H](c1ccccc1)O2. The Labute approximate surface area is 170 Å². The molecule has 0 radical (unpaired) electrons. The van der Waals surface area contributed by atoms with Crippen LogP contribution in [-0.4, -0.2) is 47.8 Å². The minimum atomic E-state index is -0.580. The van der Waals surface area contributed by atoms with E-state index in [-0.39, 0.29) is 23.3 Å². The fraction of sp³-hybridized carbons (Fsp3) is 0.435. The van der Waals surface area contributed by atoms with Gasteiger partial charge in [-0.15, -0.1) is 0 Å². The lowest BCUT2D eigenvalue weighted by Gasteiger charge is -2.48. The van der Waals surface area contributed by atoms with Crippen LogP contribution in [0.4, 0.5) is 4.39 Å². The predicted molar refractivity (Wildman–Crippen MR) is 106 cm³/mol. The molecule has 2 aromatic rings. The van der Waals surface area contributed by atoms with E-state index < -0.39 is 17.5 Å². The van der Waals surface area contributed by atoms with Gasteiger partial charge in [0, 0.05) is 25.9 Å². The standard InChI is InChI=1S/C23H26FNO4/c1-28-19-9-5-8-18(24)21(19)22(27)25-12-10-23(11-13-25)15-17(26)14-20(29-23)16-6-3-2-4-7-16/h2-9,17,20,26H,10-15H2,1H3/t17-,20-/m1/s1. The third-order valence-corrected chi connectivity index (χ3v) is 6.03. The fourth-order valence-electron chi connectivity index (χ4n) is 4.51. The van der Waals surface area contributed by atoms with Crippen LogP contribution in [0.2, 0.25) is 0 Å². The molecule has 0 bridgehead atoms. The second-order valence-corrected chi connectivity index (χ2v) is 7.90. The maximum Gasteiger partial charge on any atom is 0.260 e. The molecule has 2 heterocycles. The number of carbonyl (C=O) groups excluding carboxylic acids is 1. The van der Waals surface area contributed by atoms with Gasteiger partial charge in [-0.05, 0) is 30.5 Å². The van der Waals surface area contributed by atoms with Crippen LogP contribution >= 0.6 is 0 Å². The lowest BCUT2D eigenvalue weighted by molar-refractivity contribution is -0.181. The van der Waals surface area contributed by atoms with Crippen LogP contribution < -0.4 is 4.74 Å². The molecule has 2 saturated heterocycles. The van der Waals surface area contributed by atoms with Crippen molar-refractivity contribution >= 4 is 5.91 Å². The van der Waals surface area contributed by atoms with Crippen molar-refractivity contribution in [2.45, 2.75) is 43.5 Å². The number of aliphatic hydroxyl groups excluding tert-OH is 1. The quantitative estimate of drug-likeness (QED) is 0.855. The zero-order chi connectivity index (χ0) is 20.4. The highest BCUT2D eigenvalue weighted by Gasteiger charge is 2.44. The smallest absolute Gasteiger partial charge is 0.260 e. The molecule has 1 amide bonds. The van der Waals surface area contributed by atoms with E-state index in [4.69, 9.17) is 9.47 Å². The number of likely N-dealkylation sites (tertiary alicyclic amines) is 1. The van der Waals surface area contributed by atoms with Crippen molar-refractivity contribution in [2.24, 2.45) is 0 Å². The number of rotatable bonds is 3. The topological polar surface area (TPSA) is 59.0 Å². The number of methoxy groups -OCH3 is 1. The van der Waals surface area contributed by atoms with Crippen molar-refractivity contribution in [1.82, 2.24) is 4.90 Å². The summed E-state index contributed by atoms with van der Waals surface area (Å²) in [6.07, 6.45) is 1.74. The third-order valence-electron chi connectivity index (χ3n) is 6.03. The summed E-state index contributed by atoms with van der Waals surface area (Å²) in [7, 11) is 1.43. The van der Waals surface area contributed by atoms with Crippen LogP contribution in [0, 0.1) is 5.82 Å². The normalized spacial score (nSPS) is 23.8. The summed E-state index contributed by atoms with van der Waals surface area (Å²) >= 11 is 0. The molecule has 5 nitrogen and oxygen atoms in total. The van der Waals surface area contributed by atoms with Gasteiger partial charge in [0.15, 0.2) is 0 Å². The van der Waals surface area contributed by atoms with E-state index in [2.05, 4.69) is 0 Å². The summed E-state index contributed by atoms with van der Waals surface area (Å²) in [4.78, 5) is 14.6. The Bertz CT molecular complexity index is 864. The zero-order valence-corrected chi connectivity index (χ0v) is 16.5. The van der Waals surface area contributed by atoms with Gasteiger partial charge in [0.1, 0.15) is 17.1 Å². The Hall–Kier alpha value is -2.44. The minimum absolute atomic E-state index is 0.0299.